The Labute approximate surface area is 161 Å². The van der Waals surface area contributed by atoms with Gasteiger partial charge >= 0.3 is 0 Å². The summed E-state index contributed by atoms with van der Waals surface area (Å²) in [5.41, 5.74) is 5.35. The van der Waals surface area contributed by atoms with Gasteiger partial charge in [-0.1, -0.05) is 12.1 Å². The lowest BCUT2D eigenvalue weighted by atomic mass is 9.88. The SMILES string of the molecule is CNC1CCc2cc(OC)ccc2C1.COc1ccc2c(c1)CCC(=O)C2. The van der Waals surface area contributed by atoms with Crippen molar-refractivity contribution in [3.05, 3.63) is 58.7 Å². The molecule has 2 aromatic carbocycles. The van der Waals surface area contributed by atoms with E-state index in [-0.39, 0.29) is 0 Å². The first kappa shape index (κ1) is 19.4. The number of carbonyl (C=O) groups is 1. The highest BCUT2D eigenvalue weighted by Crippen LogP contribution is 2.25. The third-order valence-electron chi connectivity index (χ3n) is 5.52. The molecule has 1 unspecified atom stereocenters. The first-order valence-corrected chi connectivity index (χ1v) is 9.63. The van der Waals surface area contributed by atoms with Gasteiger partial charge in [0.05, 0.1) is 14.2 Å². The first-order chi connectivity index (χ1) is 13.1. The summed E-state index contributed by atoms with van der Waals surface area (Å²) in [6.07, 6.45) is 5.69. The molecule has 4 heteroatoms. The molecule has 0 amide bonds. The molecule has 2 aromatic rings. The number of likely N-dealkylation sites (N-methyl/N-ethyl adjacent to an activating group) is 1. The number of nitrogens with one attached hydrogen (secondary N) is 1. The zero-order valence-electron chi connectivity index (χ0n) is 16.5. The normalized spacial score (nSPS) is 17.9. The van der Waals surface area contributed by atoms with Gasteiger partial charge in [-0.3, -0.25) is 4.79 Å². The van der Waals surface area contributed by atoms with E-state index in [0.717, 1.165) is 36.3 Å². The minimum absolute atomic E-state index is 0.345. The molecule has 0 heterocycles. The van der Waals surface area contributed by atoms with Crippen LogP contribution in [0.4, 0.5) is 0 Å². The van der Waals surface area contributed by atoms with Crippen molar-refractivity contribution in [2.24, 2.45) is 0 Å². The molecule has 0 aromatic heterocycles. The van der Waals surface area contributed by atoms with Gasteiger partial charge in [0.25, 0.3) is 0 Å². The van der Waals surface area contributed by atoms with Crippen LogP contribution in [0.1, 0.15) is 35.1 Å². The highest BCUT2D eigenvalue weighted by atomic mass is 16.5. The maximum absolute atomic E-state index is 11.1. The lowest BCUT2D eigenvalue weighted by Gasteiger charge is -2.24. The zero-order valence-corrected chi connectivity index (χ0v) is 16.5. The molecule has 27 heavy (non-hydrogen) atoms. The lowest BCUT2D eigenvalue weighted by molar-refractivity contribution is -0.118. The molecule has 4 nitrogen and oxygen atoms in total. The molecule has 0 bridgehead atoms. The summed E-state index contributed by atoms with van der Waals surface area (Å²) >= 11 is 0. The first-order valence-electron chi connectivity index (χ1n) is 9.63. The van der Waals surface area contributed by atoms with Crippen molar-refractivity contribution in [3.8, 4) is 11.5 Å². The fourth-order valence-corrected chi connectivity index (χ4v) is 3.81. The number of carbonyl (C=O) groups excluding carboxylic acids is 1. The van der Waals surface area contributed by atoms with Crippen molar-refractivity contribution in [1.82, 2.24) is 5.32 Å². The quantitative estimate of drug-likeness (QED) is 0.902. The Kier molecular flexibility index (Phi) is 6.51. The van der Waals surface area contributed by atoms with Crippen molar-refractivity contribution in [1.29, 1.82) is 0 Å². The Morgan fingerprint density at radius 3 is 2.11 bits per heavy atom. The largest absolute Gasteiger partial charge is 0.497 e. The van der Waals surface area contributed by atoms with Gasteiger partial charge in [-0.2, -0.15) is 0 Å². The van der Waals surface area contributed by atoms with Gasteiger partial charge in [0.1, 0.15) is 17.3 Å². The summed E-state index contributed by atoms with van der Waals surface area (Å²) in [6, 6.07) is 13.0. The molecule has 0 aliphatic heterocycles. The average molecular weight is 367 g/mol. The number of hydrogen-bond acceptors (Lipinski definition) is 4. The Bertz CT molecular complexity index is 800. The van der Waals surface area contributed by atoms with Gasteiger partial charge in [0.2, 0.25) is 0 Å². The van der Waals surface area contributed by atoms with Crippen LogP contribution >= 0.6 is 0 Å². The number of ether oxygens (including phenoxy) is 2. The highest BCUT2D eigenvalue weighted by Gasteiger charge is 2.17. The van der Waals surface area contributed by atoms with E-state index in [2.05, 4.69) is 23.5 Å². The van der Waals surface area contributed by atoms with Gasteiger partial charge in [-0.15, -0.1) is 0 Å². The van der Waals surface area contributed by atoms with Crippen molar-refractivity contribution in [2.75, 3.05) is 21.3 Å². The van der Waals surface area contributed by atoms with E-state index in [1.807, 2.05) is 25.2 Å². The van der Waals surface area contributed by atoms with Crippen LogP contribution in [0.5, 0.6) is 11.5 Å². The number of hydrogen-bond donors (Lipinski definition) is 1. The van der Waals surface area contributed by atoms with Gasteiger partial charge < -0.3 is 14.8 Å². The van der Waals surface area contributed by atoms with Crippen molar-refractivity contribution < 1.29 is 14.3 Å². The fourth-order valence-electron chi connectivity index (χ4n) is 3.81. The summed E-state index contributed by atoms with van der Waals surface area (Å²) < 4.78 is 10.3. The smallest absolute Gasteiger partial charge is 0.137 e. The summed E-state index contributed by atoms with van der Waals surface area (Å²) in [4.78, 5) is 11.1. The molecule has 144 valence electrons. The predicted octanol–water partition coefficient (Wildman–Crippen LogP) is 3.52. The Morgan fingerprint density at radius 2 is 1.48 bits per heavy atom. The summed E-state index contributed by atoms with van der Waals surface area (Å²) in [5, 5.41) is 3.34. The van der Waals surface area contributed by atoms with Crippen molar-refractivity contribution in [3.63, 3.8) is 0 Å². The van der Waals surface area contributed by atoms with Gasteiger partial charge in [0, 0.05) is 18.9 Å². The second-order valence-corrected chi connectivity index (χ2v) is 7.21. The Balaban J connectivity index is 0.000000156. The van der Waals surface area contributed by atoms with E-state index in [1.165, 1.54) is 23.1 Å². The number of Topliss-reactive ketones (excluding diaryl/α,β-unsaturated/α-hetero) is 1. The molecule has 1 atom stereocenters. The third-order valence-corrected chi connectivity index (χ3v) is 5.52. The van der Waals surface area contributed by atoms with E-state index < -0.39 is 0 Å². The summed E-state index contributed by atoms with van der Waals surface area (Å²) in [5.74, 6) is 2.21. The van der Waals surface area contributed by atoms with E-state index in [1.54, 1.807) is 14.2 Å². The third kappa shape index (κ3) is 4.89. The monoisotopic (exact) mass is 367 g/mol. The van der Waals surface area contributed by atoms with Crippen LogP contribution in [-0.2, 0) is 30.5 Å². The number of methoxy groups -OCH3 is 2. The molecule has 2 aliphatic carbocycles. The molecule has 0 fully saturated rings. The molecule has 4 rings (SSSR count). The Hall–Kier alpha value is -2.33. The van der Waals surface area contributed by atoms with E-state index in [4.69, 9.17) is 9.47 Å². The molecule has 2 aliphatic rings. The Morgan fingerprint density at radius 1 is 0.852 bits per heavy atom. The van der Waals surface area contributed by atoms with E-state index >= 15 is 0 Å². The second-order valence-electron chi connectivity index (χ2n) is 7.21. The van der Waals surface area contributed by atoms with Gasteiger partial charge in [0.15, 0.2) is 0 Å². The standard InChI is InChI=1S/C12H17NO.C11H12O2/c1-13-11-5-3-10-8-12(14-2)6-4-9(10)7-11;1-13-11-5-3-8-6-10(12)4-2-9(8)7-11/h4,6,8,11,13H,3,5,7H2,1-2H3;3,5,7H,2,4,6H2,1H3. The number of benzene rings is 2. The topological polar surface area (TPSA) is 47.6 Å². The van der Waals surface area contributed by atoms with E-state index in [0.29, 0.717) is 24.7 Å². The minimum atomic E-state index is 0.345. The molecular formula is C23H29NO3. The van der Waals surface area contributed by atoms with Gasteiger partial charge in [-0.25, -0.2) is 0 Å². The van der Waals surface area contributed by atoms with Crippen molar-refractivity contribution >= 4 is 5.78 Å². The summed E-state index contributed by atoms with van der Waals surface area (Å²) in [6.45, 7) is 0. The van der Waals surface area contributed by atoms with Crippen LogP contribution in [0.25, 0.3) is 0 Å². The van der Waals surface area contributed by atoms with Crippen molar-refractivity contribution in [2.45, 2.75) is 44.6 Å². The van der Waals surface area contributed by atoms with Crippen LogP contribution < -0.4 is 14.8 Å². The van der Waals surface area contributed by atoms with Gasteiger partial charge in [-0.05, 0) is 79.3 Å². The fraction of sp³-hybridized carbons (Fsp3) is 0.435. The molecule has 0 saturated heterocycles. The highest BCUT2D eigenvalue weighted by molar-refractivity contribution is 5.83. The number of fused-ring (bicyclic) bond motifs is 2. The van der Waals surface area contributed by atoms with E-state index in [9.17, 15) is 4.79 Å². The maximum Gasteiger partial charge on any atom is 0.137 e. The molecule has 1 N–H and O–H groups in total. The van der Waals surface area contributed by atoms with Crippen LogP contribution in [0.2, 0.25) is 0 Å². The number of ketones is 1. The average Bonchev–Trinajstić information content (AvgIpc) is 2.73. The van der Waals surface area contributed by atoms with Crippen LogP contribution in [-0.4, -0.2) is 33.1 Å². The second kappa shape index (κ2) is 9.05. The number of rotatable bonds is 3. The lowest BCUT2D eigenvalue weighted by Crippen LogP contribution is -2.31. The van der Waals surface area contributed by atoms with Crippen LogP contribution in [0.3, 0.4) is 0 Å². The molecule has 0 radical (unpaired) electrons. The van der Waals surface area contributed by atoms with Crippen LogP contribution in [0, 0.1) is 0 Å². The molecular weight excluding hydrogens is 338 g/mol. The van der Waals surface area contributed by atoms with Crippen LogP contribution in [0.15, 0.2) is 36.4 Å². The molecule has 0 spiro atoms. The number of aryl methyl sites for hydroxylation is 2. The predicted molar refractivity (Wildman–Crippen MR) is 108 cm³/mol. The zero-order chi connectivity index (χ0) is 19.2. The molecule has 0 saturated carbocycles. The minimum Gasteiger partial charge on any atom is -0.497 e. The summed E-state index contributed by atoms with van der Waals surface area (Å²) in [7, 11) is 5.43. The maximum atomic E-state index is 11.1.